The van der Waals surface area contributed by atoms with Gasteiger partial charge in [0.15, 0.2) is 0 Å². The summed E-state index contributed by atoms with van der Waals surface area (Å²) in [5, 5.41) is 3.20. The van der Waals surface area contributed by atoms with Crippen molar-refractivity contribution < 1.29 is 9.13 Å². The highest BCUT2D eigenvalue weighted by Gasteiger charge is 2.17. The Bertz CT molecular complexity index is 575. The molecule has 2 aromatic rings. The van der Waals surface area contributed by atoms with Crippen LogP contribution in [0.25, 0.3) is 0 Å². The molecule has 0 fully saturated rings. The van der Waals surface area contributed by atoms with Crippen LogP contribution in [0.1, 0.15) is 32.8 Å². The van der Waals surface area contributed by atoms with Crippen LogP contribution in [0.4, 0.5) is 10.1 Å². The van der Waals surface area contributed by atoms with Crippen LogP contribution in [-0.4, -0.2) is 13.2 Å². The Morgan fingerprint density at radius 2 is 1.64 bits per heavy atom. The summed E-state index contributed by atoms with van der Waals surface area (Å²) in [6.45, 7) is 7.93. The molecule has 0 aromatic heterocycles. The second kappa shape index (κ2) is 7.30. The summed E-state index contributed by atoms with van der Waals surface area (Å²) in [7, 11) is 0. The Morgan fingerprint density at radius 1 is 1.00 bits per heavy atom. The minimum Gasteiger partial charge on any atom is -0.492 e. The lowest BCUT2D eigenvalue weighted by molar-refractivity contribution is 0.332. The smallest absolute Gasteiger partial charge is 0.123 e. The molecular formula is C19H24FNO. The summed E-state index contributed by atoms with van der Waals surface area (Å²) >= 11 is 0. The van der Waals surface area contributed by atoms with Gasteiger partial charge in [0.2, 0.25) is 0 Å². The van der Waals surface area contributed by atoms with Crippen LogP contribution in [0.2, 0.25) is 0 Å². The van der Waals surface area contributed by atoms with E-state index in [4.69, 9.17) is 4.74 Å². The summed E-state index contributed by atoms with van der Waals surface area (Å²) in [5.74, 6) is 0.647. The fourth-order valence-corrected chi connectivity index (χ4v) is 2.14. The zero-order valence-corrected chi connectivity index (χ0v) is 13.5. The molecule has 2 nitrogen and oxygen atoms in total. The lowest BCUT2D eigenvalue weighted by atomic mass is 9.82. The third-order valence-electron chi connectivity index (χ3n) is 4.06. The molecule has 0 aliphatic carbocycles. The zero-order valence-electron chi connectivity index (χ0n) is 13.5. The second-order valence-corrected chi connectivity index (χ2v) is 6.04. The van der Waals surface area contributed by atoms with E-state index in [-0.39, 0.29) is 11.2 Å². The molecule has 0 amide bonds. The van der Waals surface area contributed by atoms with Gasteiger partial charge in [-0.25, -0.2) is 4.39 Å². The average Bonchev–Trinajstić information content (AvgIpc) is 2.54. The quantitative estimate of drug-likeness (QED) is 0.726. The number of benzene rings is 2. The number of anilines is 1. The van der Waals surface area contributed by atoms with Gasteiger partial charge in [-0.05, 0) is 53.8 Å². The van der Waals surface area contributed by atoms with Crippen molar-refractivity contribution in [1.29, 1.82) is 0 Å². The molecule has 0 atom stereocenters. The monoisotopic (exact) mass is 301 g/mol. The van der Waals surface area contributed by atoms with Gasteiger partial charge in [-0.15, -0.1) is 0 Å². The first-order valence-electron chi connectivity index (χ1n) is 7.74. The lowest BCUT2D eigenvalue weighted by Crippen LogP contribution is -2.15. The summed E-state index contributed by atoms with van der Waals surface area (Å²) in [6, 6.07) is 14.6. The number of rotatable bonds is 7. The lowest BCUT2D eigenvalue weighted by Gasteiger charge is -2.23. The van der Waals surface area contributed by atoms with Crippen molar-refractivity contribution >= 4 is 5.69 Å². The van der Waals surface area contributed by atoms with Crippen LogP contribution in [0.3, 0.4) is 0 Å². The fraction of sp³-hybridized carbons (Fsp3) is 0.368. The Morgan fingerprint density at radius 3 is 2.23 bits per heavy atom. The molecule has 2 aromatic carbocycles. The van der Waals surface area contributed by atoms with E-state index in [1.165, 1.54) is 17.7 Å². The molecule has 0 unspecified atom stereocenters. The van der Waals surface area contributed by atoms with E-state index in [0.717, 1.165) is 17.9 Å². The molecule has 3 heteroatoms. The predicted molar refractivity (Wildman–Crippen MR) is 90.1 cm³/mol. The maximum Gasteiger partial charge on any atom is 0.123 e. The van der Waals surface area contributed by atoms with Gasteiger partial charge in [-0.1, -0.05) is 32.9 Å². The molecule has 0 radical (unpaired) electrons. The molecule has 0 aliphatic heterocycles. The van der Waals surface area contributed by atoms with Crippen molar-refractivity contribution in [3.05, 3.63) is 59.9 Å². The van der Waals surface area contributed by atoms with Gasteiger partial charge in [0, 0.05) is 12.2 Å². The molecule has 0 heterocycles. The fourth-order valence-electron chi connectivity index (χ4n) is 2.14. The molecular weight excluding hydrogens is 277 g/mol. The largest absolute Gasteiger partial charge is 0.492 e. The number of hydrogen-bond acceptors (Lipinski definition) is 2. The van der Waals surface area contributed by atoms with Crippen LogP contribution in [0, 0.1) is 5.82 Å². The summed E-state index contributed by atoms with van der Waals surface area (Å²) in [5.41, 5.74) is 2.42. The summed E-state index contributed by atoms with van der Waals surface area (Å²) in [4.78, 5) is 0. The van der Waals surface area contributed by atoms with E-state index in [2.05, 4.69) is 38.2 Å². The maximum atomic E-state index is 12.8. The molecule has 22 heavy (non-hydrogen) atoms. The number of halogens is 1. The Labute approximate surface area is 132 Å². The van der Waals surface area contributed by atoms with Crippen LogP contribution >= 0.6 is 0 Å². The zero-order chi connectivity index (χ0) is 16.0. The Hall–Kier alpha value is -2.03. The van der Waals surface area contributed by atoms with Gasteiger partial charge in [-0.2, -0.15) is 0 Å². The van der Waals surface area contributed by atoms with Crippen LogP contribution in [0.15, 0.2) is 48.5 Å². The van der Waals surface area contributed by atoms with E-state index in [0.29, 0.717) is 13.2 Å². The molecule has 2 rings (SSSR count). The van der Waals surface area contributed by atoms with Crippen molar-refractivity contribution in [1.82, 2.24) is 0 Å². The van der Waals surface area contributed by atoms with Gasteiger partial charge in [-0.3, -0.25) is 0 Å². The number of nitrogens with one attached hydrogen (secondary N) is 1. The SMILES string of the molecule is CCC(C)(C)c1ccc(OCCNc2ccc(F)cc2)cc1. The molecule has 0 saturated heterocycles. The minimum absolute atomic E-state index is 0.197. The van der Waals surface area contributed by atoms with Gasteiger partial charge < -0.3 is 10.1 Å². The van der Waals surface area contributed by atoms with Gasteiger partial charge in [0.05, 0.1) is 0 Å². The summed E-state index contributed by atoms with van der Waals surface area (Å²) in [6.07, 6.45) is 1.11. The van der Waals surface area contributed by atoms with Crippen molar-refractivity contribution in [2.75, 3.05) is 18.5 Å². The van der Waals surface area contributed by atoms with E-state index in [1.54, 1.807) is 12.1 Å². The van der Waals surface area contributed by atoms with Crippen LogP contribution in [-0.2, 0) is 5.41 Å². The van der Waals surface area contributed by atoms with E-state index in [9.17, 15) is 4.39 Å². The topological polar surface area (TPSA) is 21.3 Å². The van der Waals surface area contributed by atoms with Crippen molar-refractivity contribution in [2.45, 2.75) is 32.6 Å². The minimum atomic E-state index is -0.225. The van der Waals surface area contributed by atoms with E-state index >= 15 is 0 Å². The Kier molecular flexibility index (Phi) is 5.42. The van der Waals surface area contributed by atoms with E-state index in [1.807, 2.05) is 12.1 Å². The normalized spacial score (nSPS) is 11.3. The van der Waals surface area contributed by atoms with Crippen molar-refractivity contribution in [2.24, 2.45) is 0 Å². The molecule has 0 aliphatic rings. The maximum absolute atomic E-state index is 12.8. The molecule has 0 saturated carbocycles. The first-order valence-corrected chi connectivity index (χ1v) is 7.74. The van der Waals surface area contributed by atoms with E-state index < -0.39 is 0 Å². The third kappa shape index (κ3) is 4.48. The second-order valence-electron chi connectivity index (χ2n) is 6.04. The van der Waals surface area contributed by atoms with Crippen molar-refractivity contribution in [3.63, 3.8) is 0 Å². The van der Waals surface area contributed by atoms with Crippen LogP contribution in [0.5, 0.6) is 5.75 Å². The third-order valence-corrected chi connectivity index (χ3v) is 4.06. The van der Waals surface area contributed by atoms with Crippen LogP contribution < -0.4 is 10.1 Å². The van der Waals surface area contributed by atoms with Crippen molar-refractivity contribution in [3.8, 4) is 5.75 Å². The predicted octanol–water partition coefficient (Wildman–Crippen LogP) is 5.00. The van der Waals surface area contributed by atoms with Gasteiger partial charge in [0.25, 0.3) is 0 Å². The molecule has 0 bridgehead atoms. The standard InChI is InChI=1S/C19H24FNO/c1-4-19(2,3)15-5-11-18(12-6-15)22-14-13-21-17-9-7-16(20)8-10-17/h5-12,21H,4,13-14H2,1-3H3. The first-order chi connectivity index (χ1) is 10.5. The first kappa shape index (κ1) is 16.3. The summed E-state index contributed by atoms with van der Waals surface area (Å²) < 4.78 is 18.5. The number of hydrogen-bond donors (Lipinski definition) is 1. The molecule has 0 spiro atoms. The van der Waals surface area contributed by atoms with Gasteiger partial charge >= 0.3 is 0 Å². The molecule has 1 N–H and O–H groups in total. The average molecular weight is 301 g/mol. The molecule has 118 valence electrons. The number of ether oxygens (including phenoxy) is 1. The highest BCUT2D eigenvalue weighted by atomic mass is 19.1. The highest BCUT2D eigenvalue weighted by molar-refractivity contribution is 5.42. The van der Waals surface area contributed by atoms with Gasteiger partial charge in [0.1, 0.15) is 18.2 Å². The Balaban J connectivity index is 1.78. The highest BCUT2D eigenvalue weighted by Crippen LogP contribution is 2.27.